The molecule has 0 aromatic heterocycles. The number of esters is 1. The van der Waals surface area contributed by atoms with E-state index in [9.17, 15) is 4.79 Å². The summed E-state index contributed by atoms with van der Waals surface area (Å²) in [5.74, 6) is 0.406. The lowest BCUT2D eigenvalue weighted by atomic mass is 10.1. The smallest absolute Gasteiger partial charge is 0.338 e. The molecule has 0 radical (unpaired) electrons. The van der Waals surface area contributed by atoms with Crippen LogP contribution < -0.4 is 4.74 Å². The molecule has 0 N–H and O–H groups in total. The Morgan fingerprint density at radius 2 is 1.60 bits per heavy atom. The van der Waals surface area contributed by atoms with Crippen LogP contribution >= 0.6 is 0 Å². The Labute approximate surface area is 149 Å². The Hall–Kier alpha value is -2.33. The van der Waals surface area contributed by atoms with E-state index < -0.39 is 5.60 Å². The standard InChI is InChI=1S/C21H26O4/c1-21(2,3)25-20(22)18-10-12-19(13-11-18)24-15-7-14-23-16-17-8-5-4-6-9-17/h4-6,8-13H,7,14-16H2,1-3H3. The number of benzene rings is 2. The van der Waals surface area contributed by atoms with Gasteiger partial charge in [0.05, 0.1) is 25.4 Å². The minimum atomic E-state index is -0.494. The molecule has 4 nitrogen and oxygen atoms in total. The summed E-state index contributed by atoms with van der Waals surface area (Å²) < 4.78 is 16.6. The predicted molar refractivity (Wildman–Crippen MR) is 97.8 cm³/mol. The minimum absolute atomic E-state index is 0.326. The maximum atomic E-state index is 11.9. The highest BCUT2D eigenvalue weighted by Gasteiger charge is 2.17. The van der Waals surface area contributed by atoms with Gasteiger partial charge in [-0.3, -0.25) is 0 Å². The van der Waals surface area contributed by atoms with E-state index in [-0.39, 0.29) is 5.97 Å². The summed E-state index contributed by atoms with van der Waals surface area (Å²) in [6.07, 6.45) is 0.806. The summed E-state index contributed by atoms with van der Waals surface area (Å²) in [5, 5.41) is 0. The number of carbonyl (C=O) groups is 1. The summed E-state index contributed by atoms with van der Waals surface area (Å²) in [4.78, 5) is 11.9. The van der Waals surface area contributed by atoms with E-state index in [2.05, 4.69) is 0 Å². The summed E-state index contributed by atoms with van der Waals surface area (Å²) in [5.41, 5.74) is 1.20. The van der Waals surface area contributed by atoms with E-state index in [1.54, 1.807) is 24.3 Å². The van der Waals surface area contributed by atoms with Gasteiger partial charge in [-0.2, -0.15) is 0 Å². The molecule has 134 valence electrons. The molecule has 25 heavy (non-hydrogen) atoms. The number of carbonyl (C=O) groups excluding carboxylic acids is 1. The maximum absolute atomic E-state index is 11.9. The van der Waals surface area contributed by atoms with Gasteiger partial charge in [0.15, 0.2) is 0 Å². The first-order valence-corrected chi connectivity index (χ1v) is 8.52. The lowest BCUT2D eigenvalue weighted by molar-refractivity contribution is 0.00695. The highest BCUT2D eigenvalue weighted by atomic mass is 16.6. The van der Waals surface area contributed by atoms with Gasteiger partial charge in [-0.05, 0) is 50.6 Å². The normalized spacial score (nSPS) is 11.2. The van der Waals surface area contributed by atoms with Crippen LogP contribution in [0.1, 0.15) is 43.1 Å². The largest absolute Gasteiger partial charge is 0.494 e. The average Bonchev–Trinajstić information content (AvgIpc) is 2.58. The SMILES string of the molecule is CC(C)(C)OC(=O)c1ccc(OCCCOCc2ccccc2)cc1. The zero-order valence-corrected chi connectivity index (χ0v) is 15.2. The van der Waals surface area contributed by atoms with Crippen LogP contribution in [0.3, 0.4) is 0 Å². The molecule has 0 atom stereocenters. The molecule has 0 aliphatic rings. The van der Waals surface area contributed by atoms with Crippen molar-refractivity contribution in [3.63, 3.8) is 0 Å². The lowest BCUT2D eigenvalue weighted by Gasteiger charge is -2.19. The monoisotopic (exact) mass is 342 g/mol. The Morgan fingerprint density at radius 3 is 2.24 bits per heavy atom. The van der Waals surface area contributed by atoms with Crippen LogP contribution in [-0.4, -0.2) is 24.8 Å². The summed E-state index contributed by atoms with van der Waals surface area (Å²) in [7, 11) is 0. The van der Waals surface area contributed by atoms with Crippen molar-refractivity contribution in [2.75, 3.05) is 13.2 Å². The van der Waals surface area contributed by atoms with Crippen LogP contribution in [0, 0.1) is 0 Å². The molecule has 0 heterocycles. The predicted octanol–water partition coefficient (Wildman–Crippen LogP) is 4.63. The number of hydrogen-bond donors (Lipinski definition) is 0. The second kappa shape index (κ2) is 9.23. The third kappa shape index (κ3) is 7.40. The number of ether oxygens (including phenoxy) is 3. The molecule has 0 aliphatic heterocycles. The molecule has 2 aromatic rings. The average molecular weight is 342 g/mol. The van der Waals surface area contributed by atoms with Crippen molar-refractivity contribution < 1.29 is 19.0 Å². The fourth-order valence-electron chi connectivity index (χ4n) is 2.14. The van der Waals surface area contributed by atoms with Gasteiger partial charge >= 0.3 is 5.97 Å². The number of hydrogen-bond acceptors (Lipinski definition) is 4. The van der Waals surface area contributed by atoms with Crippen LogP contribution in [0.25, 0.3) is 0 Å². The van der Waals surface area contributed by atoms with E-state index >= 15 is 0 Å². The first-order valence-electron chi connectivity index (χ1n) is 8.52. The molecule has 0 saturated carbocycles. The minimum Gasteiger partial charge on any atom is -0.494 e. The molecule has 0 saturated heterocycles. The van der Waals surface area contributed by atoms with Gasteiger partial charge in [0, 0.05) is 6.42 Å². The third-order valence-corrected chi connectivity index (χ3v) is 3.30. The maximum Gasteiger partial charge on any atom is 0.338 e. The van der Waals surface area contributed by atoms with Crippen molar-refractivity contribution in [3.05, 3.63) is 65.7 Å². The van der Waals surface area contributed by atoms with Gasteiger partial charge in [0.2, 0.25) is 0 Å². The van der Waals surface area contributed by atoms with Crippen molar-refractivity contribution in [3.8, 4) is 5.75 Å². The highest BCUT2D eigenvalue weighted by molar-refractivity contribution is 5.89. The molecule has 0 fully saturated rings. The first kappa shape index (κ1) is 19.0. The molecule has 4 heteroatoms. The van der Waals surface area contributed by atoms with E-state index in [4.69, 9.17) is 14.2 Å². The molecular formula is C21H26O4. The second-order valence-corrected chi connectivity index (χ2v) is 6.77. The molecular weight excluding hydrogens is 316 g/mol. The van der Waals surface area contributed by atoms with Crippen molar-refractivity contribution in [1.82, 2.24) is 0 Å². The Kier molecular flexibility index (Phi) is 7.02. The molecule has 2 aromatic carbocycles. The highest BCUT2D eigenvalue weighted by Crippen LogP contribution is 2.16. The van der Waals surface area contributed by atoms with Crippen molar-refractivity contribution >= 4 is 5.97 Å². The zero-order chi connectivity index (χ0) is 18.1. The van der Waals surface area contributed by atoms with Crippen molar-refractivity contribution in [1.29, 1.82) is 0 Å². The van der Waals surface area contributed by atoms with Gasteiger partial charge in [0.1, 0.15) is 11.4 Å². The Morgan fingerprint density at radius 1 is 0.920 bits per heavy atom. The van der Waals surface area contributed by atoms with Crippen LogP contribution in [0.5, 0.6) is 5.75 Å². The van der Waals surface area contributed by atoms with E-state index in [0.29, 0.717) is 25.4 Å². The summed E-state index contributed by atoms with van der Waals surface area (Å²) in [6, 6.07) is 17.1. The summed E-state index contributed by atoms with van der Waals surface area (Å²) >= 11 is 0. The fourth-order valence-corrected chi connectivity index (χ4v) is 2.14. The van der Waals surface area contributed by atoms with Crippen molar-refractivity contribution in [2.45, 2.75) is 39.4 Å². The van der Waals surface area contributed by atoms with Crippen LogP contribution in [0.4, 0.5) is 0 Å². The van der Waals surface area contributed by atoms with Gasteiger partial charge in [-0.15, -0.1) is 0 Å². The van der Waals surface area contributed by atoms with Crippen LogP contribution in [-0.2, 0) is 16.1 Å². The van der Waals surface area contributed by atoms with E-state index in [1.165, 1.54) is 5.56 Å². The van der Waals surface area contributed by atoms with Gasteiger partial charge < -0.3 is 14.2 Å². The second-order valence-electron chi connectivity index (χ2n) is 6.77. The lowest BCUT2D eigenvalue weighted by Crippen LogP contribution is -2.23. The topological polar surface area (TPSA) is 44.8 Å². The van der Waals surface area contributed by atoms with Gasteiger partial charge in [-0.25, -0.2) is 4.79 Å². The molecule has 0 amide bonds. The fraction of sp³-hybridized carbons (Fsp3) is 0.381. The van der Waals surface area contributed by atoms with Crippen molar-refractivity contribution in [2.24, 2.45) is 0 Å². The Balaban J connectivity index is 1.65. The third-order valence-electron chi connectivity index (χ3n) is 3.30. The van der Waals surface area contributed by atoms with Crippen LogP contribution in [0.15, 0.2) is 54.6 Å². The zero-order valence-electron chi connectivity index (χ0n) is 15.2. The van der Waals surface area contributed by atoms with E-state index in [0.717, 1.165) is 12.2 Å². The first-order chi connectivity index (χ1) is 11.9. The molecule has 2 rings (SSSR count). The Bertz CT molecular complexity index is 642. The van der Waals surface area contributed by atoms with E-state index in [1.807, 2.05) is 51.1 Å². The molecule has 0 bridgehead atoms. The van der Waals surface area contributed by atoms with Crippen LogP contribution in [0.2, 0.25) is 0 Å². The van der Waals surface area contributed by atoms with Gasteiger partial charge in [-0.1, -0.05) is 30.3 Å². The quantitative estimate of drug-likeness (QED) is 0.518. The molecule has 0 spiro atoms. The van der Waals surface area contributed by atoms with Gasteiger partial charge in [0.25, 0.3) is 0 Å². The summed E-state index contributed by atoms with van der Waals surface area (Å²) in [6.45, 7) is 7.38. The number of rotatable bonds is 8. The molecule has 0 aliphatic carbocycles. The molecule has 0 unspecified atom stereocenters.